The van der Waals surface area contributed by atoms with Crippen LogP contribution in [0.5, 0.6) is 5.75 Å². The first-order chi connectivity index (χ1) is 28.8. The third-order valence-corrected chi connectivity index (χ3v) is 11.5. The third-order valence-electron chi connectivity index (χ3n) is 11.5. The fraction of sp³-hybridized carbons (Fsp3) is 0.311. The van der Waals surface area contributed by atoms with Crippen LogP contribution in [-0.2, 0) is 20.7 Å². The van der Waals surface area contributed by atoms with E-state index in [0.717, 1.165) is 82.3 Å². The molecule has 300 valence electrons. The quantitative estimate of drug-likeness (QED) is 0.130. The van der Waals surface area contributed by atoms with Gasteiger partial charge in [0.1, 0.15) is 24.1 Å². The summed E-state index contributed by atoms with van der Waals surface area (Å²) >= 11 is 0. The Balaban J connectivity index is 0.727. The van der Waals surface area contributed by atoms with Crippen molar-refractivity contribution < 1.29 is 33.4 Å². The Morgan fingerprint density at radius 3 is 2.36 bits per heavy atom. The minimum Gasteiger partial charge on any atom is -0.491 e. The summed E-state index contributed by atoms with van der Waals surface area (Å²) in [5.74, 6) is -1.05. The van der Waals surface area contributed by atoms with E-state index in [4.69, 9.17) is 14.6 Å². The number of nitrogens with zero attached hydrogens (tertiary/aromatic N) is 6. The van der Waals surface area contributed by atoms with Crippen molar-refractivity contribution in [3.63, 3.8) is 0 Å². The van der Waals surface area contributed by atoms with Gasteiger partial charge in [-0.25, -0.2) is 4.68 Å². The maximum absolute atomic E-state index is 13.6. The zero-order valence-electron chi connectivity index (χ0n) is 32.5. The van der Waals surface area contributed by atoms with Gasteiger partial charge in [-0.2, -0.15) is 5.10 Å². The van der Waals surface area contributed by atoms with Crippen LogP contribution in [0, 0.1) is 0 Å². The number of aromatic nitrogens is 3. The standard InChI is InChI=1S/C45H43N7O7/c53-39-13-6-30-27-31(5-11-34(30)39)36-28-51(48-42(36)29-15-17-46-18-16-29)32-7-9-33(10-8-32)59-26-25-58-24-2-19-49-20-22-50(23-21-49)37-4-1-3-35-41(37)45(57)52(44(35)56)38-12-14-40(54)47-43(38)55/h1,3-5,7-11,15-18,27-28,38H,2,6,12-14,19-26H2,(H,47,54,55). The van der Waals surface area contributed by atoms with Crippen molar-refractivity contribution in [1.29, 1.82) is 0 Å². The molecule has 2 saturated heterocycles. The lowest BCUT2D eigenvalue weighted by molar-refractivity contribution is -0.136. The number of aryl methyl sites for hydroxylation is 1. The van der Waals surface area contributed by atoms with Crippen molar-refractivity contribution in [1.82, 2.24) is 29.9 Å². The van der Waals surface area contributed by atoms with Gasteiger partial charge in [-0.3, -0.25) is 44.1 Å². The minimum atomic E-state index is -0.987. The number of hydrogen-bond acceptors (Lipinski definition) is 11. The molecule has 59 heavy (non-hydrogen) atoms. The maximum Gasteiger partial charge on any atom is 0.264 e. The lowest BCUT2D eigenvalue weighted by Gasteiger charge is -2.36. The summed E-state index contributed by atoms with van der Waals surface area (Å²) in [6.07, 6.45) is 7.94. The number of anilines is 1. The number of benzene rings is 3. The van der Waals surface area contributed by atoms with Crippen LogP contribution in [0.1, 0.15) is 62.3 Å². The SMILES string of the molecule is O=C1CCC(N2C(=O)c3cccc(N4CCN(CCCOCCOc5ccc(-n6cc(-c7ccc8c(c7)CCC8=O)c(-c7ccncc7)n6)cc5)CC4)c3C2=O)C(=O)N1. The van der Waals surface area contributed by atoms with Crippen molar-refractivity contribution in [3.05, 3.63) is 114 Å². The van der Waals surface area contributed by atoms with Gasteiger partial charge < -0.3 is 14.4 Å². The van der Waals surface area contributed by atoms with Gasteiger partial charge in [-0.15, -0.1) is 0 Å². The smallest absolute Gasteiger partial charge is 0.264 e. The predicted octanol–water partition coefficient (Wildman–Crippen LogP) is 4.74. The molecule has 3 aromatic carbocycles. The second-order valence-electron chi connectivity index (χ2n) is 15.2. The molecule has 0 spiro atoms. The lowest BCUT2D eigenvalue weighted by Crippen LogP contribution is -2.54. The van der Waals surface area contributed by atoms with Gasteiger partial charge in [-0.05, 0) is 78.9 Å². The van der Waals surface area contributed by atoms with Crippen LogP contribution in [0.2, 0.25) is 0 Å². The van der Waals surface area contributed by atoms with Crippen LogP contribution < -0.4 is 15.0 Å². The van der Waals surface area contributed by atoms with Gasteiger partial charge >= 0.3 is 0 Å². The molecule has 0 saturated carbocycles. The molecule has 4 amide bonds. The van der Waals surface area contributed by atoms with E-state index in [1.54, 1.807) is 24.5 Å². The van der Waals surface area contributed by atoms with Crippen molar-refractivity contribution in [2.45, 2.75) is 38.1 Å². The highest BCUT2D eigenvalue weighted by molar-refractivity contribution is 6.25. The number of amides is 4. The number of rotatable bonds is 13. The van der Waals surface area contributed by atoms with Crippen LogP contribution in [0.3, 0.4) is 0 Å². The number of piperazine rings is 1. The number of nitrogens with one attached hydrogen (secondary N) is 1. The van der Waals surface area contributed by atoms with E-state index >= 15 is 0 Å². The highest BCUT2D eigenvalue weighted by Crippen LogP contribution is 2.36. The Bertz CT molecular complexity index is 2440. The molecular weight excluding hydrogens is 751 g/mol. The first-order valence-electron chi connectivity index (χ1n) is 20.1. The second-order valence-corrected chi connectivity index (χ2v) is 15.2. The fourth-order valence-electron chi connectivity index (χ4n) is 8.44. The van der Waals surface area contributed by atoms with E-state index in [9.17, 15) is 24.0 Å². The molecule has 1 atom stereocenters. The molecule has 1 unspecified atom stereocenters. The number of piperidine rings is 1. The molecule has 1 N–H and O–H groups in total. The topological polar surface area (TPSA) is 156 Å². The number of hydrogen-bond donors (Lipinski definition) is 1. The van der Waals surface area contributed by atoms with E-state index in [2.05, 4.69) is 26.2 Å². The van der Waals surface area contributed by atoms with Gasteiger partial charge in [0.25, 0.3) is 11.8 Å². The maximum atomic E-state index is 13.6. The van der Waals surface area contributed by atoms with Crippen LogP contribution in [-0.4, -0.2) is 113 Å². The Hall–Kier alpha value is -6.51. The van der Waals surface area contributed by atoms with Gasteiger partial charge in [0.05, 0.1) is 29.1 Å². The van der Waals surface area contributed by atoms with E-state index in [1.165, 1.54) is 0 Å². The highest BCUT2D eigenvalue weighted by Gasteiger charge is 2.46. The molecule has 1 aliphatic carbocycles. The molecule has 4 aliphatic rings. The van der Waals surface area contributed by atoms with Gasteiger partial charge in [0, 0.05) is 87.5 Å². The molecule has 9 rings (SSSR count). The Morgan fingerprint density at radius 1 is 0.746 bits per heavy atom. The first kappa shape index (κ1) is 38.0. The molecule has 0 radical (unpaired) electrons. The van der Waals surface area contributed by atoms with Crippen LogP contribution in [0.15, 0.2) is 91.4 Å². The summed E-state index contributed by atoms with van der Waals surface area (Å²) in [7, 11) is 0. The molecule has 0 bridgehead atoms. The lowest BCUT2D eigenvalue weighted by atomic mass is 9.98. The summed E-state index contributed by atoms with van der Waals surface area (Å²) in [5, 5.41) is 7.22. The zero-order chi connectivity index (χ0) is 40.5. The van der Waals surface area contributed by atoms with E-state index in [1.807, 2.05) is 65.5 Å². The molecule has 14 heteroatoms. The van der Waals surface area contributed by atoms with Gasteiger partial charge in [0.2, 0.25) is 11.8 Å². The molecular formula is C45H43N7O7. The molecule has 5 aromatic rings. The average Bonchev–Trinajstić information content (AvgIpc) is 3.95. The summed E-state index contributed by atoms with van der Waals surface area (Å²) in [6, 6.07) is 22.0. The van der Waals surface area contributed by atoms with Crippen molar-refractivity contribution >= 4 is 35.1 Å². The highest BCUT2D eigenvalue weighted by atomic mass is 16.5. The van der Waals surface area contributed by atoms with Crippen LogP contribution >= 0.6 is 0 Å². The number of ketones is 1. The third kappa shape index (κ3) is 7.64. The van der Waals surface area contributed by atoms with Gasteiger partial charge in [-0.1, -0.05) is 24.3 Å². The number of ether oxygens (including phenoxy) is 2. The zero-order valence-corrected chi connectivity index (χ0v) is 32.5. The first-order valence-corrected chi connectivity index (χ1v) is 20.1. The number of imide groups is 2. The van der Waals surface area contributed by atoms with E-state index in [-0.39, 0.29) is 18.6 Å². The number of fused-ring (bicyclic) bond motifs is 2. The van der Waals surface area contributed by atoms with Crippen molar-refractivity contribution in [3.8, 4) is 33.8 Å². The monoisotopic (exact) mass is 793 g/mol. The largest absolute Gasteiger partial charge is 0.491 e. The van der Waals surface area contributed by atoms with Crippen molar-refractivity contribution in [2.75, 3.05) is 57.4 Å². The number of Topliss-reactive ketones (excluding diaryl/α,β-unsaturated/α-hetero) is 1. The van der Waals surface area contributed by atoms with E-state index < -0.39 is 29.7 Å². The Morgan fingerprint density at radius 2 is 1.56 bits per heavy atom. The minimum absolute atomic E-state index is 0.0848. The number of carbonyl (C=O) groups excluding carboxylic acids is 5. The molecule has 3 aliphatic heterocycles. The molecule has 2 aromatic heterocycles. The second kappa shape index (κ2) is 16.4. The average molecular weight is 794 g/mol. The summed E-state index contributed by atoms with van der Waals surface area (Å²) in [4.78, 5) is 72.9. The fourth-order valence-corrected chi connectivity index (χ4v) is 8.44. The predicted molar refractivity (Wildman–Crippen MR) is 218 cm³/mol. The van der Waals surface area contributed by atoms with Crippen molar-refractivity contribution in [2.24, 2.45) is 0 Å². The Labute approximate surface area is 340 Å². The number of pyridine rings is 1. The molecule has 14 nitrogen and oxygen atoms in total. The van der Waals surface area contributed by atoms with Gasteiger partial charge in [0.15, 0.2) is 5.78 Å². The molecule has 5 heterocycles. The van der Waals surface area contributed by atoms with E-state index in [0.29, 0.717) is 56.1 Å². The summed E-state index contributed by atoms with van der Waals surface area (Å²) < 4.78 is 13.7. The van der Waals surface area contributed by atoms with Crippen LogP contribution in [0.25, 0.3) is 28.1 Å². The summed E-state index contributed by atoms with van der Waals surface area (Å²) in [6.45, 7) is 5.31. The normalized spacial score (nSPS) is 18.0. The number of carbonyl (C=O) groups is 5. The molecule has 2 fully saturated rings. The van der Waals surface area contributed by atoms with Crippen LogP contribution in [0.4, 0.5) is 5.69 Å². The summed E-state index contributed by atoms with van der Waals surface area (Å²) in [5.41, 5.74) is 7.91. The Kier molecular flexibility index (Phi) is 10.6.